The fourth-order valence-corrected chi connectivity index (χ4v) is 3.06. The summed E-state index contributed by atoms with van der Waals surface area (Å²) in [5.74, 6) is 0. The quantitative estimate of drug-likeness (QED) is 0.545. The highest BCUT2D eigenvalue weighted by molar-refractivity contribution is 5.88. The maximum atomic E-state index is 12.3. The average molecular weight is 350 g/mol. The molecule has 0 aliphatic rings. The SMILES string of the molecule is O=c1nc(-c2ccccc2)c(-c2ccccc2)c(/C=C/c2ccccc2)[nH]1. The van der Waals surface area contributed by atoms with Crippen LogP contribution in [0, 0.1) is 0 Å². The first-order valence-electron chi connectivity index (χ1n) is 8.79. The number of aromatic nitrogens is 2. The molecule has 130 valence electrons. The summed E-state index contributed by atoms with van der Waals surface area (Å²) in [6, 6.07) is 29.8. The van der Waals surface area contributed by atoms with E-state index in [1.807, 2.05) is 103 Å². The van der Waals surface area contributed by atoms with E-state index in [0.29, 0.717) is 5.69 Å². The molecule has 0 unspecified atom stereocenters. The van der Waals surface area contributed by atoms with E-state index < -0.39 is 0 Å². The molecule has 1 aromatic heterocycles. The van der Waals surface area contributed by atoms with Gasteiger partial charge >= 0.3 is 5.69 Å². The maximum Gasteiger partial charge on any atom is 0.345 e. The molecule has 0 radical (unpaired) electrons. The van der Waals surface area contributed by atoms with E-state index in [4.69, 9.17) is 0 Å². The second kappa shape index (κ2) is 7.67. The minimum atomic E-state index is -0.360. The summed E-state index contributed by atoms with van der Waals surface area (Å²) in [5.41, 5.74) is 4.96. The van der Waals surface area contributed by atoms with Crippen LogP contribution in [0.2, 0.25) is 0 Å². The second-order valence-corrected chi connectivity index (χ2v) is 6.16. The number of nitrogens with one attached hydrogen (secondary N) is 1. The van der Waals surface area contributed by atoms with Crippen LogP contribution in [0.3, 0.4) is 0 Å². The highest BCUT2D eigenvalue weighted by atomic mass is 16.1. The predicted octanol–water partition coefficient (Wildman–Crippen LogP) is 5.27. The zero-order valence-electron chi connectivity index (χ0n) is 14.7. The van der Waals surface area contributed by atoms with Crippen LogP contribution in [0.4, 0.5) is 0 Å². The summed E-state index contributed by atoms with van der Waals surface area (Å²) >= 11 is 0. The average Bonchev–Trinajstić information content (AvgIpc) is 2.74. The first kappa shape index (κ1) is 16.7. The van der Waals surface area contributed by atoms with E-state index in [-0.39, 0.29) is 5.69 Å². The zero-order valence-corrected chi connectivity index (χ0v) is 14.7. The van der Waals surface area contributed by atoms with Gasteiger partial charge in [0.05, 0.1) is 11.4 Å². The number of rotatable bonds is 4. The fourth-order valence-electron chi connectivity index (χ4n) is 3.06. The normalized spacial score (nSPS) is 11.0. The fraction of sp³-hybridized carbons (Fsp3) is 0. The summed E-state index contributed by atoms with van der Waals surface area (Å²) in [6.07, 6.45) is 3.93. The molecule has 4 rings (SSSR count). The molecule has 3 heteroatoms. The third-order valence-corrected chi connectivity index (χ3v) is 4.31. The molecule has 0 saturated carbocycles. The highest BCUT2D eigenvalue weighted by Crippen LogP contribution is 2.32. The van der Waals surface area contributed by atoms with Crippen molar-refractivity contribution in [2.75, 3.05) is 0 Å². The molecule has 27 heavy (non-hydrogen) atoms. The lowest BCUT2D eigenvalue weighted by Gasteiger charge is -2.12. The number of benzene rings is 3. The van der Waals surface area contributed by atoms with Gasteiger partial charge in [-0.2, -0.15) is 4.98 Å². The van der Waals surface area contributed by atoms with Crippen molar-refractivity contribution in [1.82, 2.24) is 9.97 Å². The van der Waals surface area contributed by atoms with Crippen molar-refractivity contribution in [3.05, 3.63) is 113 Å². The van der Waals surface area contributed by atoms with Gasteiger partial charge in [-0.25, -0.2) is 4.79 Å². The molecule has 1 heterocycles. The van der Waals surface area contributed by atoms with Gasteiger partial charge in [0.15, 0.2) is 0 Å². The Balaban J connectivity index is 1.94. The Morgan fingerprint density at radius 1 is 0.667 bits per heavy atom. The molecule has 0 amide bonds. The summed E-state index contributed by atoms with van der Waals surface area (Å²) in [4.78, 5) is 19.5. The molecule has 0 fully saturated rings. The minimum Gasteiger partial charge on any atom is -0.305 e. The smallest absolute Gasteiger partial charge is 0.305 e. The molecule has 0 saturated heterocycles. The zero-order chi connectivity index (χ0) is 18.5. The Kier molecular flexibility index (Phi) is 4.75. The maximum absolute atomic E-state index is 12.3. The van der Waals surface area contributed by atoms with Gasteiger partial charge in [-0.3, -0.25) is 0 Å². The molecule has 3 nitrogen and oxygen atoms in total. The molecule has 0 atom stereocenters. The number of hydrogen-bond acceptors (Lipinski definition) is 2. The molecule has 1 N–H and O–H groups in total. The largest absolute Gasteiger partial charge is 0.345 e. The van der Waals surface area contributed by atoms with E-state index in [0.717, 1.165) is 27.9 Å². The molecular formula is C24H18N2O. The third-order valence-electron chi connectivity index (χ3n) is 4.31. The summed E-state index contributed by atoms with van der Waals surface area (Å²) < 4.78 is 0. The van der Waals surface area contributed by atoms with Crippen LogP contribution in [-0.2, 0) is 0 Å². The highest BCUT2D eigenvalue weighted by Gasteiger charge is 2.14. The summed E-state index contributed by atoms with van der Waals surface area (Å²) in [6.45, 7) is 0. The number of hydrogen-bond donors (Lipinski definition) is 1. The molecule has 0 bridgehead atoms. The minimum absolute atomic E-state index is 0.360. The Bertz CT molecular complexity index is 1120. The van der Waals surface area contributed by atoms with Crippen LogP contribution in [0.15, 0.2) is 95.8 Å². The summed E-state index contributed by atoms with van der Waals surface area (Å²) in [5, 5.41) is 0. The van der Waals surface area contributed by atoms with Crippen LogP contribution >= 0.6 is 0 Å². The van der Waals surface area contributed by atoms with Crippen LogP contribution < -0.4 is 5.69 Å². The van der Waals surface area contributed by atoms with Gasteiger partial charge in [-0.15, -0.1) is 0 Å². The Morgan fingerprint density at radius 3 is 1.85 bits per heavy atom. The number of aromatic amines is 1. The van der Waals surface area contributed by atoms with Crippen LogP contribution in [-0.4, -0.2) is 9.97 Å². The van der Waals surface area contributed by atoms with Gasteiger partial charge in [0, 0.05) is 11.1 Å². The molecule has 3 aromatic carbocycles. The van der Waals surface area contributed by atoms with E-state index in [9.17, 15) is 4.79 Å². The Hall–Kier alpha value is -3.72. The lowest BCUT2D eigenvalue weighted by Crippen LogP contribution is -2.14. The molecule has 0 aliphatic carbocycles. The second-order valence-electron chi connectivity index (χ2n) is 6.16. The Labute approximate surface area is 157 Å². The van der Waals surface area contributed by atoms with Crippen molar-refractivity contribution < 1.29 is 0 Å². The van der Waals surface area contributed by atoms with Gasteiger partial charge in [0.25, 0.3) is 0 Å². The van der Waals surface area contributed by atoms with E-state index >= 15 is 0 Å². The van der Waals surface area contributed by atoms with Gasteiger partial charge < -0.3 is 4.98 Å². The van der Waals surface area contributed by atoms with E-state index in [1.165, 1.54) is 0 Å². The molecule has 0 spiro atoms. The molecule has 4 aromatic rings. The van der Waals surface area contributed by atoms with Crippen molar-refractivity contribution >= 4 is 12.2 Å². The lowest BCUT2D eigenvalue weighted by atomic mass is 9.97. The first-order valence-corrected chi connectivity index (χ1v) is 8.79. The first-order chi connectivity index (χ1) is 13.3. The van der Waals surface area contributed by atoms with Crippen molar-refractivity contribution in [3.63, 3.8) is 0 Å². The van der Waals surface area contributed by atoms with E-state index in [2.05, 4.69) is 9.97 Å². The van der Waals surface area contributed by atoms with Gasteiger partial charge in [0.2, 0.25) is 0 Å². The van der Waals surface area contributed by atoms with E-state index in [1.54, 1.807) is 0 Å². The van der Waals surface area contributed by atoms with Crippen LogP contribution in [0.1, 0.15) is 11.3 Å². The van der Waals surface area contributed by atoms with Crippen LogP contribution in [0.25, 0.3) is 34.5 Å². The van der Waals surface area contributed by atoms with Crippen molar-refractivity contribution in [3.8, 4) is 22.4 Å². The number of H-pyrrole nitrogens is 1. The van der Waals surface area contributed by atoms with Gasteiger partial charge in [-0.05, 0) is 17.2 Å². The van der Waals surface area contributed by atoms with Gasteiger partial charge in [0.1, 0.15) is 0 Å². The monoisotopic (exact) mass is 350 g/mol. The summed E-state index contributed by atoms with van der Waals surface area (Å²) in [7, 11) is 0. The van der Waals surface area contributed by atoms with Gasteiger partial charge in [-0.1, -0.05) is 97.1 Å². The molecular weight excluding hydrogens is 332 g/mol. The Morgan fingerprint density at radius 2 is 1.22 bits per heavy atom. The van der Waals surface area contributed by atoms with Crippen molar-refractivity contribution in [2.45, 2.75) is 0 Å². The topological polar surface area (TPSA) is 45.8 Å². The van der Waals surface area contributed by atoms with Crippen molar-refractivity contribution in [1.29, 1.82) is 0 Å². The third kappa shape index (κ3) is 3.77. The lowest BCUT2D eigenvalue weighted by molar-refractivity contribution is 1.07. The standard InChI is InChI=1S/C24H18N2O/c27-24-25-21(17-16-18-10-4-1-5-11-18)22(19-12-6-2-7-13-19)23(26-24)20-14-8-3-9-15-20/h1-17H,(H,25,26,27)/b17-16+. The van der Waals surface area contributed by atoms with Crippen LogP contribution in [0.5, 0.6) is 0 Å². The predicted molar refractivity (Wildman–Crippen MR) is 111 cm³/mol. The molecule has 0 aliphatic heterocycles. The number of nitrogens with zero attached hydrogens (tertiary/aromatic N) is 1. The van der Waals surface area contributed by atoms with Crippen molar-refractivity contribution in [2.24, 2.45) is 0 Å².